The van der Waals surface area contributed by atoms with E-state index in [1.165, 1.54) is 66.3 Å². The lowest BCUT2D eigenvalue weighted by atomic mass is 9.70. The van der Waals surface area contributed by atoms with E-state index in [-0.39, 0.29) is 5.41 Å². The van der Waals surface area contributed by atoms with Gasteiger partial charge in [-0.15, -0.1) is 0 Å². The van der Waals surface area contributed by atoms with Crippen molar-refractivity contribution in [2.45, 2.75) is 5.41 Å². The molecule has 2 aliphatic rings. The molecule has 1 spiro atoms. The highest BCUT2D eigenvalue weighted by Gasteiger charge is 2.51. The number of benzene rings is 9. The predicted octanol–water partition coefficient (Wildman–Crippen LogP) is 14.0. The van der Waals surface area contributed by atoms with E-state index in [2.05, 4.69) is 162 Å². The summed E-state index contributed by atoms with van der Waals surface area (Å²) in [5.74, 6) is 1.94. The van der Waals surface area contributed by atoms with Crippen molar-refractivity contribution >= 4 is 21.8 Å². The van der Waals surface area contributed by atoms with Crippen LogP contribution in [-0.2, 0) is 5.41 Å². The average molecular weight is 789 g/mol. The fourth-order valence-corrected chi connectivity index (χ4v) is 10.4. The van der Waals surface area contributed by atoms with Gasteiger partial charge in [0.05, 0.1) is 16.4 Å². The van der Waals surface area contributed by atoms with Crippen LogP contribution in [0.15, 0.2) is 218 Å². The zero-order valence-electron chi connectivity index (χ0n) is 33.6. The number of para-hydroxylation sites is 1. The Bertz CT molecular complexity index is 3460. The molecule has 9 aromatic carbocycles. The lowest BCUT2D eigenvalue weighted by molar-refractivity contribution is 0.795. The first kappa shape index (κ1) is 34.6. The second-order valence-electron chi connectivity index (χ2n) is 16.3. The summed E-state index contributed by atoms with van der Waals surface area (Å²) in [6.07, 6.45) is 0. The minimum absolute atomic E-state index is 0.389. The maximum absolute atomic E-state index is 5.00. The average Bonchev–Trinajstić information content (AvgIpc) is 3.95. The largest absolute Gasteiger partial charge is 0.309 e. The number of nitrogens with zero attached hydrogens (tertiary/aromatic N) is 4. The van der Waals surface area contributed by atoms with Crippen molar-refractivity contribution < 1.29 is 0 Å². The summed E-state index contributed by atoms with van der Waals surface area (Å²) in [6, 6.07) is 78.6. The second kappa shape index (κ2) is 13.4. The summed E-state index contributed by atoms with van der Waals surface area (Å²) in [6.45, 7) is 0. The van der Waals surface area contributed by atoms with Crippen LogP contribution >= 0.6 is 0 Å². The van der Waals surface area contributed by atoms with Gasteiger partial charge in [0.15, 0.2) is 17.5 Å². The molecule has 0 radical (unpaired) electrons. The zero-order valence-corrected chi connectivity index (χ0v) is 33.6. The molecular weight excluding hydrogens is 753 g/mol. The van der Waals surface area contributed by atoms with Crippen molar-refractivity contribution in [3.05, 3.63) is 241 Å². The van der Waals surface area contributed by atoms with Crippen LogP contribution in [-0.4, -0.2) is 19.5 Å². The fourth-order valence-electron chi connectivity index (χ4n) is 10.4. The Hall–Kier alpha value is -8.21. The van der Waals surface area contributed by atoms with Gasteiger partial charge < -0.3 is 4.57 Å². The second-order valence-corrected chi connectivity index (χ2v) is 16.3. The zero-order chi connectivity index (χ0) is 40.8. The normalized spacial score (nSPS) is 13.0. The van der Waals surface area contributed by atoms with E-state index in [9.17, 15) is 0 Å². The Kier molecular flexibility index (Phi) is 7.49. The molecule has 2 aliphatic carbocycles. The van der Waals surface area contributed by atoms with Gasteiger partial charge in [0.2, 0.25) is 0 Å². The minimum atomic E-state index is -0.389. The number of fused-ring (bicyclic) bond motifs is 13. The van der Waals surface area contributed by atoms with Gasteiger partial charge in [-0.3, -0.25) is 0 Å². The molecule has 13 rings (SSSR count). The summed E-state index contributed by atoms with van der Waals surface area (Å²) in [7, 11) is 0. The summed E-state index contributed by atoms with van der Waals surface area (Å²) in [5, 5.41) is 2.50. The van der Waals surface area contributed by atoms with Crippen molar-refractivity contribution in [2.24, 2.45) is 0 Å². The summed E-state index contributed by atoms with van der Waals surface area (Å²) in [4.78, 5) is 14.9. The monoisotopic (exact) mass is 788 g/mol. The Morgan fingerprint density at radius 2 is 0.774 bits per heavy atom. The van der Waals surface area contributed by atoms with Gasteiger partial charge in [-0.25, -0.2) is 15.0 Å². The van der Waals surface area contributed by atoms with Crippen molar-refractivity contribution in [3.63, 3.8) is 0 Å². The van der Waals surface area contributed by atoms with Gasteiger partial charge in [-0.05, 0) is 92.0 Å². The maximum atomic E-state index is 5.00. The highest BCUT2D eigenvalue weighted by atomic mass is 15.0. The van der Waals surface area contributed by atoms with E-state index in [1.807, 2.05) is 60.7 Å². The SMILES string of the molecule is c1ccc(-c2nc(-c3ccccc3)nc(-c3cccc(-c4ccc(-n5c6ccccc6c6cc7c(cc65)-c5ccccc5C75c6ccccc6-c6ccccc65)cc4)c3)n2)cc1. The van der Waals surface area contributed by atoms with E-state index in [1.54, 1.807) is 0 Å². The molecule has 288 valence electrons. The molecule has 0 N–H and O–H groups in total. The Morgan fingerprint density at radius 1 is 0.290 bits per heavy atom. The number of hydrogen-bond acceptors (Lipinski definition) is 3. The molecule has 4 nitrogen and oxygen atoms in total. The van der Waals surface area contributed by atoms with Crippen LogP contribution in [0.25, 0.3) is 95.0 Å². The summed E-state index contributed by atoms with van der Waals surface area (Å²) >= 11 is 0. The van der Waals surface area contributed by atoms with Gasteiger partial charge in [0.25, 0.3) is 0 Å². The number of rotatable bonds is 5. The highest BCUT2D eigenvalue weighted by molar-refractivity contribution is 6.12. The van der Waals surface area contributed by atoms with Crippen molar-refractivity contribution in [2.75, 3.05) is 0 Å². The molecule has 0 unspecified atom stereocenters. The maximum Gasteiger partial charge on any atom is 0.164 e. The molecule has 0 atom stereocenters. The van der Waals surface area contributed by atoms with Crippen LogP contribution < -0.4 is 0 Å². The Morgan fingerprint density at radius 3 is 1.39 bits per heavy atom. The van der Waals surface area contributed by atoms with E-state index >= 15 is 0 Å². The first-order valence-corrected chi connectivity index (χ1v) is 21.2. The van der Waals surface area contributed by atoms with E-state index < -0.39 is 0 Å². The lowest BCUT2D eigenvalue weighted by Crippen LogP contribution is -2.25. The molecule has 2 heterocycles. The first-order chi connectivity index (χ1) is 30.7. The van der Waals surface area contributed by atoms with Crippen molar-refractivity contribution in [1.29, 1.82) is 0 Å². The molecule has 0 amide bonds. The van der Waals surface area contributed by atoms with Gasteiger partial charge >= 0.3 is 0 Å². The third-order valence-corrected chi connectivity index (χ3v) is 13.1. The van der Waals surface area contributed by atoms with Crippen LogP contribution in [0.5, 0.6) is 0 Å². The van der Waals surface area contributed by atoms with E-state index in [0.29, 0.717) is 17.5 Å². The third-order valence-electron chi connectivity index (χ3n) is 13.1. The Balaban J connectivity index is 0.942. The molecule has 0 fully saturated rings. The topological polar surface area (TPSA) is 43.6 Å². The van der Waals surface area contributed by atoms with Crippen LogP contribution in [0.4, 0.5) is 0 Å². The van der Waals surface area contributed by atoms with E-state index in [0.717, 1.165) is 33.5 Å². The van der Waals surface area contributed by atoms with Crippen molar-refractivity contribution in [3.8, 4) is 73.2 Å². The van der Waals surface area contributed by atoms with Crippen LogP contribution in [0, 0.1) is 0 Å². The van der Waals surface area contributed by atoms with Gasteiger partial charge in [0.1, 0.15) is 0 Å². The molecular formula is C58H36N4. The van der Waals surface area contributed by atoms with Crippen LogP contribution in [0.3, 0.4) is 0 Å². The fraction of sp³-hybridized carbons (Fsp3) is 0.0172. The minimum Gasteiger partial charge on any atom is -0.309 e. The number of aromatic nitrogens is 4. The van der Waals surface area contributed by atoms with Gasteiger partial charge in [-0.1, -0.05) is 182 Å². The lowest BCUT2D eigenvalue weighted by Gasteiger charge is -2.30. The van der Waals surface area contributed by atoms with Crippen LogP contribution in [0.2, 0.25) is 0 Å². The smallest absolute Gasteiger partial charge is 0.164 e. The van der Waals surface area contributed by atoms with Gasteiger partial charge in [0, 0.05) is 33.2 Å². The van der Waals surface area contributed by atoms with Crippen LogP contribution in [0.1, 0.15) is 22.3 Å². The van der Waals surface area contributed by atoms with Gasteiger partial charge in [-0.2, -0.15) is 0 Å². The molecule has 4 heteroatoms. The quantitative estimate of drug-likeness (QED) is 0.174. The first-order valence-electron chi connectivity index (χ1n) is 21.2. The summed E-state index contributed by atoms with van der Waals surface area (Å²) < 4.78 is 2.44. The molecule has 0 bridgehead atoms. The molecule has 0 aliphatic heterocycles. The van der Waals surface area contributed by atoms with Crippen molar-refractivity contribution in [1.82, 2.24) is 19.5 Å². The number of hydrogen-bond donors (Lipinski definition) is 0. The van der Waals surface area contributed by atoms with E-state index in [4.69, 9.17) is 15.0 Å². The summed E-state index contributed by atoms with van der Waals surface area (Å²) in [5.41, 5.74) is 18.8. The highest BCUT2D eigenvalue weighted by Crippen LogP contribution is 2.63. The molecule has 0 saturated carbocycles. The Labute approximate surface area is 359 Å². The molecule has 0 saturated heterocycles. The molecule has 11 aromatic rings. The molecule has 62 heavy (non-hydrogen) atoms. The third kappa shape index (κ3) is 4.98. The standard InChI is InChI=1S/C58H36N4/c1-3-16-38(17-4-1)55-59-56(39-18-5-2-6-19-39)61-57(60-55)41-21-15-20-40(34-41)37-30-32-42(33-31-37)62-53-29-14-10-25-46(53)48-35-52-47(36-54(48)62)45-24-9-13-28-51(45)58(52)49-26-11-7-22-43(49)44-23-8-12-27-50(44)58/h1-36H. The molecule has 2 aromatic heterocycles. The predicted molar refractivity (Wildman–Crippen MR) is 252 cm³/mol.